The van der Waals surface area contributed by atoms with Crippen LogP contribution >= 0.6 is 0 Å². The number of allylic oxidation sites excluding steroid dienone is 8. The number of carbonyl (C=O) groups is 2. The molecule has 0 amide bonds. The van der Waals surface area contributed by atoms with Crippen LogP contribution in [0.5, 0.6) is 17.2 Å². The first-order valence-electron chi connectivity index (χ1n) is 13.8. The minimum absolute atomic E-state index is 0.0115. The zero-order valence-corrected chi connectivity index (χ0v) is 24.9. The Bertz CT molecular complexity index is 1410. The summed E-state index contributed by atoms with van der Waals surface area (Å²) in [6.45, 7) is 12.3. The third kappa shape index (κ3) is 5.86. The zero-order valence-electron chi connectivity index (χ0n) is 24.9. The van der Waals surface area contributed by atoms with E-state index in [-0.39, 0.29) is 22.9 Å². The van der Waals surface area contributed by atoms with Crippen molar-refractivity contribution in [2.45, 2.75) is 78.9 Å². The summed E-state index contributed by atoms with van der Waals surface area (Å²) >= 11 is 0. The Morgan fingerprint density at radius 3 is 2.38 bits per heavy atom. The molecule has 1 aromatic rings. The number of hydrogen-bond acceptors (Lipinski definition) is 6. The van der Waals surface area contributed by atoms with Crippen LogP contribution in [0, 0.1) is 0 Å². The van der Waals surface area contributed by atoms with Crippen molar-refractivity contribution in [2.24, 2.45) is 0 Å². The number of rotatable bonds is 9. The monoisotopic (exact) mass is 544 g/mol. The summed E-state index contributed by atoms with van der Waals surface area (Å²) in [5.74, 6) is 0.892. The molecule has 3 aliphatic rings. The fraction of sp³-hybridized carbons (Fsp3) is 0.412. The molecule has 6 nitrogen and oxygen atoms in total. The predicted octanol–water partition coefficient (Wildman–Crippen LogP) is 7.50. The Hall–Kier alpha value is -3.80. The smallest absolute Gasteiger partial charge is 0.228 e. The molecule has 0 radical (unpaired) electrons. The van der Waals surface area contributed by atoms with Crippen molar-refractivity contribution in [3.8, 4) is 17.2 Å². The molecule has 0 spiro atoms. The average Bonchev–Trinajstić information content (AvgIpc) is 2.88. The summed E-state index contributed by atoms with van der Waals surface area (Å²) in [4.78, 5) is 27.2. The molecular weight excluding hydrogens is 504 g/mol. The van der Waals surface area contributed by atoms with Gasteiger partial charge in [0.05, 0.1) is 19.8 Å². The Balaban J connectivity index is 1.84. The van der Waals surface area contributed by atoms with E-state index in [9.17, 15) is 9.59 Å². The van der Waals surface area contributed by atoms with E-state index in [1.54, 1.807) is 13.2 Å². The van der Waals surface area contributed by atoms with Gasteiger partial charge in [-0.3, -0.25) is 9.59 Å². The van der Waals surface area contributed by atoms with Crippen LogP contribution in [-0.2, 0) is 14.3 Å². The second-order valence-corrected chi connectivity index (χ2v) is 11.3. The van der Waals surface area contributed by atoms with Crippen LogP contribution < -0.4 is 14.2 Å². The fourth-order valence-electron chi connectivity index (χ4n) is 5.27. The van der Waals surface area contributed by atoms with Crippen LogP contribution in [0.4, 0.5) is 0 Å². The molecule has 1 aliphatic carbocycles. The topological polar surface area (TPSA) is 71.1 Å². The van der Waals surface area contributed by atoms with Gasteiger partial charge in [-0.15, -0.1) is 0 Å². The fourth-order valence-corrected chi connectivity index (χ4v) is 5.27. The van der Waals surface area contributed by atoms with E-state index in [1.165, 1.54) is 24.3 Å². The van der Waals surface area contributed by atoms with Gasteiger partial charge >= 0.3 is 0 Å². The molecule has 212 valence electrons. The van der Waals surface area contributed by atoms with Crippen LogP contribution in [-0.4, -0.2) is 37.5 Å². The molecule has 6 heteroatoms. The van der Waals surface area contributed by atoms with Crippen LogP contribution in [0.1, 0.15) is 78.4 Å². The first kappa shape index (κ1) is 29.2. The van der Waals surface area contributed by atoms with Gasteiger partial charge in [-0.2, -0.15) is 0 Å². The van der Waals surface area contributed by atoms with E-state index in [0.717, 1.165) is 31.3 Å². The highest BCUT2D eigenvalue weighted by Gasteiger charge is 2.43. The largest absolute Gasteiger partial charge is 0.493 e. The quantitative estimate of drug-likeness (QED) is 0.237. The second-order valence-electron chi connectivity index (χ2n) is 11.3. The van der Waals surface area contributed by atoms with Crippen LogP contribution in [0.3, 0.4) is 0 Å². The van der Waals surface area contributed by atoms with Crippen molar-refractivity contribution < 1.29 is 28.5 Å². The first-order chi connectivity index (χ1) is 19.0. The van der Waals surface area contributed by atoms with Gasteiger partial charge in [0.15, 0.2) is 23.0 Å². The number of Topliss-reactive ketones (excluding diaryl/α,β-unsaturated/α-hetero) is 1. The minimum Gasteiger partial charge on any atom is -0.493 e. The average molecular weight is 545 g/mol. The number of hydrogen-bond donors (Lipinski definition) is 0. The number of benzene rings is 1. The molecule has 1 aromatic carbocycles. The molecule has 1 unspecified atom stereocenters. The normalized spacial score (nSPS) is 21.4. The lowest BCUT2D eigenvalue weighted by Crippen LogP contribution is -2.35. The highest BCUT2D eigenvalue weighted by molar-refractivity contribution is 6.38. The van der Waals surface area contributed by atoms with E-state index in [0.29, 0.717) is 33.9 Å². The predicted molar refractivity (Wildman–Crippen MR) is 159 cm³/mol. The van der Waals surface area contributed by atoms with Crippen molar-refractivity contribution in [3.05, 3.63) is 75.6 Å². The third-order valence-corrected chi connectivity index (χ3v) is 7.38. The maximum Gasteiger partial charge on any atom is 0.228 e. The highest BCUT2D eigenvalue weighted by Crippen LogP contribution is 2.51. The van der Waals surface area contributed by atoms with Crippen molar-refractivity contribution in [2.75, 3.05) is 14.2 Å². The van der Waals surface area contributed by atoms with E-state index >= 15 is 0 Å². The molecule has 0 fully saturated rings. The number of fused-ring (bicyclic) bond motifs is 4. The molecule has 0 aromatic heterocycles. The van der Waals surface area contributed by atoms with E-state index in [2.05, 4.69) is 39.8 Å². The number of ether oxygens (including phenoxy) is 4. The molecule has 2 atom stereocenters. The number of ketones is 2. The van der Waals surface area contributed by atoms with Gasteiger partial charge in [-0.25, -0.2) is 0 Å². The maximum atomic E-state index is 13.6. The van der Waals surface area contributed by atoms with Gasteiger partial charge < -0.3 is 18.9 Å². The van der Waals surface area contributed by atoms with Crippen LogP contribution in [0.15, 0.2) is 64.5 Å². The lowest BCUT2D eigenvalue weighted by Gasteiger charge is -2.36. The first-order valence-corrected chi connectivity index (χ1v) is 13.8. The summed E-state index contributed by atoms with van der Waals surface area (Å²) in [6, 6.07) is 1.76. The highest BCUT2D eigenvalue weighted by atomic mass is 16.5. The van der Waals surface area contributed by atoms with E-state index < -0.39 is 11.7 Å². The van der Waals surface area contributed by atoms with Crippen LogP contribution in [0.2, 0.25) is 0 Å². The van der Waals surface area contributed by atoms with Gasteiger partial charge in [0.1, 0.15) is 17.5 Å². The third-order valence-electron chi connectivity index (χ3n) is 7.38. The molecule has 4 rings (SSSR count). The standard InChI is InChI=1S/C34H40O6/c1-20(2)11-9-13-22(5)17-25-31-30(24(35)18-27(37-7)32(31)36)29-23-14-16-34(6,15-10-12-21(3)4)40-33(23)28(38-8)19-26(29)39-25/h11-12,14,16-19,25H,9-10,13,15H2,1-8H3/b22-17+/t25-,34?/m0/s1. The van der Waals surface area contributed by atoms with Gasteiger partial charge in [-0.05, 0) is 79.4 Å². The molecule has 0 saturated heterocycles. The Morgan fingerprint density at radius 2 is 1.73 bits per heavy atom. The summed E-state index contributed by atoms with van der Waals surface area (Å²) in [5.41, 5.74) is 4.84. The molecule has 0 N–H and O–H groups in total. The molecule has 0 saturated carbocycles. The minimum atomic E-state index is -0.741. The van der Waals surface area contributed by atoms with Gasteiger partial charge in [-0.1, -0.05) is 34.9 Å². The van der Waals surface area contributed by atoms with Gasteiger partial charge in [0.25, 0.3) is 0 Å². The number of methoxy groups -OCH3 is 2. The summed E-state index contributed by atoms with van der Waals surface area (Å²) in [5, 5.41) is 0. The van der Waals surface area contributed by atoms with Crippen molar-refractivity contribution in [1.82, 2.24) is 0 Å². The lowest BCUT2D eigenvalue weighted by molar-refractivity contribution is -0.118. The van der Waals surface area contributed by atoms with Crippen molar-refractivity contribution >= 4 is 23.2 Å². The molecular formula is C34H40O6. The molecule has 2 aliphatic heterocycles. The lowest BCUT2D eigenvalue weighted by atomic mass is 9.80. The molecule has 40 heavy (non-hydrogen) atoms. The summed E-state index contributed by atoms with van der Waals surface area (Å²) < 4.78 is 24.1. The summed E-state index contributed by atoms with van der Waals surface area (Å²) in [7, 11) is 2.99. The maximum absolute atomic E-state index is 13.6. The summed E-state index contributed by atoms with van der Waals surface area (Å²) in [6.07, 6.45) is 14.1. The van der Waals surface area contributed by atoms with E-state index in [4.69, 9.17) is 18.9 Å². The molecule has 2 heterocycles. The van der Waals surface area contributed by atoms with E-state index in [1.807, 2.05) is 32.1 Å². The second kappa shape index (κ2) is 11.7. The van der Waals surface area contributed by atoms with Crippen molar-refractivity contribution in [3.63, 3.8) is 0 Å². The Morgan fingerprint density at radius 1 is 1.02 bits per heavy atom. The van der Waals surface area contributed by atoms with Gasteiger partial charge in [0, 0.05) is 28.8 Å². The SMILES string of the molecule is COC1=CC(=O)C2=C(C1=O)[C@H](/C=C(\C)CCC=C(C)C)Oc1cc(OC)c3c(c12)C=CC(C)(CCC=C(C)C)O3. The van der Waals surface area contributed by atoms with Gasteiger partial charge in [0.2, 0.25) is 5.78 Å². The Kier molecular flexibility index (Phi) is 8.57. The molecule has 0 bridgehead atoms. The van der Waals surface area contributed by atoms with Crippen molar-refractivity contribution in [1.29, 1.82) is 0 Å². The number of carbonyl (C=O) groups excluding carboxylic acids is 2. The zero-order chi connectivity index (χ0) is 29.2. The van der Waals surface area contributed by atoms with Crippen LogP contribution in [0.25, 0.3) is 11.6 Å². The Labute approximate surface area is 237 Å².